The van der Waals surface area contributed by atoms with Crippen molar-refractivity contribution in [2.24, 2.45) is 5.73 Å². The molecule has 1 amide bonds. The number of carbonyl (C=O) groups is 1. The first-order chi connectivity index (χ1) is 11.1. The lowest BCUT2D eigenvalue weighted by Gasteiger charge is -2.31. The third-order valence-corrected chi connectivity index (χ3v) is 4.31. The predicted molar refractivity (Wildman–Crippen MR) is 88.6 cm³/mol. The SMILES string of the molecule is Cc1cccnc1[C@@H]1CCC[C@H](c2cccc(CC(N)=O)n2)N1. The van der Waals surface area contributed by atoms with Gasteiger partial charge in [-0.05, 0) is 49.9 Å². The number of nitrogens with zero attached hydrogens (tertiary/aromatic N) is 2. The van der Waals surface area contributed by atoms with Crippen molar-refractivity contribution in [1.82, 2.24) is 15.3 Å². The number of piperidine rings is 1. The number of aryl methyl sites for hydroxylation is 1. The molecule has 5 heteroatoms. The molecule has 23 heavy (non-hydrogen) atoms. The number of carbonyl (C=O) groups excluding carboxylic acids is 1. The fourth-order valence-corrected chi connectivity index (χ4v) is 3.22. The summed E-state index contributed by atoms with van der Waals surface area (Å²) in [5, 5.41) is 3.67. The van der Waals surface area contributed by atoms with Gasteiger partial charge in [-0.2, -0.15) is 0 Å². The number of nitrogens with two attached hydrogens (primary N) is 1. The monoisotopic (exact) mass is 310 g/mol. The third kappa shape index (κ3) is 3.74. The summed E-state index contributed by atoms with van der Waals surface area (Å²) in [4.78, 5) is 20.2. The Hall–Kier alpha value is -2.27. The fraction of sp³-hybridized carbons (Fsp3) is 0.389. The van der Waals surface area contributed by atoms with E-state index >= 15 is 0 Å². The zero-order valence-corrected chi connectivity index (χ0v) is 13.3. The van der Waals surface area contributed by atoms with Crippen molar-refractivity contribution in [1.29, 1.82) is 0 Å². The van der Waals surface area contributed by atoms with E-state index in [4.69, 9.17) is 5.73 Å². The van der Waals surface area contributed by atoms with Gasteiger partial charge in [-0.15, -0.1) is 0 Å². The number of amides is 1. The lowest BCUT2D eigenvalue weighted by atomic mass is 9.92. The molecule has 1 aliphatic heterocycles. The second kappa shape index (κ2) is 6.87. The number of primary amides is 1. The van der Waals surface area contributed by atoms with Gasteiger partial charge < -0.3 is 11.1 Å². The summed E-state index contributed by atoms with van der Waals surface area (Å²) in [6, 6.07) is 10.3. The normalized spacial score (nSPS) is 21.1. The standard InChI is InChI=1S/C18H22N4O/c1-12-5-4-10-20-18(12)16-9-3-8-15(22-16)14-7-2-6-13(21-14)11-17(19)23/h2,4-7,10,15-16,22H,3,8-9,11H2,1H3,(H2,19,23)/t15-,16+/m1/s1. The van der Waals surface area contributed by atoms with Crippen molar-refractivity contribution < 1.29 is 4.79 Å². The Bertz CT molecular complexity index is 701. The number of aromatic nitrogens is 2. The maximum atomic E-state index is 11.1. The molecule has 3 N–H and O–H groups in total. The third-order valence-electron chi connectivity index (χ3n) is 4.31. The summed E-state index contributed by atoms with van der Waals surface area (Å²) in [6.07, 6.45) is 5.27. The Kier molecular flexibility index (Phi) is 4.67. The van der Waals surface area contributed by atoms with Crippen LogP contribution in [0.15, 0.2) is 36.5 Å². The number of nitrogens with one attached hydrogen (secondary N) is 1. The van der Waals surface area contributed by atoms with Crippen LogP contribution in [-0.2, 0) is 11.2 Å². The topological polar surface area (TPSA) is 80.9 Å². The minimum atomic E-state index is -0.353. The summed E-state index contributed by atoms with van der Waals surface area (Å²) in [5.41, 5.74) is 9.29. The highest BCUT2D eigenvalue weighted by molar-refractivity contribution is 5.76. The minimum absolute atomic E-state index is 0.183. The molecule has 120 valence electrons. The van der Waals surface area contributed by atoms with Gasteiger partial charge in [0.05, 0.1) is 29.5 Å². The van der Waals surface area contributed by atoms with E-state index in [9.17, 15) is 4.79 Å². The van der Waals surface area contributed by atoms with Crippen molar-refractivity contribution >= 4 is 5.91 Å². The molecule has 0 radical (unpaired) electrons. The number of rotatable bonds is 4. The molecule has 0 saturated carbocycles. The first-order valence-corrected chi connectivity index (χ1v) is 8.05. The van der Waals surface area contributed by atoms with E-state index in [2.05, 4.69) is 28.3 Å². The second-order valence-electron chi connectivity index (χ2n) is 6.11. The molecule has 1 aliphatic rings. The minimum Gasteiger partial charge on any atom is -0.369 e. The molecule has 3 heterocycles. The molecular formula is C18H22N4O. The molecule has 1 fully saturated rings. The van der Waals surface area contributed by atoms with Crippen molar-refractivity contribution in [3.05, 3.63) is 59.2 Å². The Labute approximate surface area is 136 Å². The predicted octanol–water partition coefficient (Wildman–Crippen LogP) is 2.37. The highest BCUT2D eigenvalue weighted by atomic mass is 16.1. The van der Waals surface area contributed by atoms with Crippen LogP contribution in [0, 0.1) is 6.92 Å². The Morgan fingerprint density at radius 2 is 2.09 bits per heavy atom. The van der Waals surface area contributed by atoms with Gasteiger partial charge in [0.15, 0.2) is 0 Å². The van der Waals surface area contributed by atoms with E-state index in [0.29, 0.717) is 0 Å². The summed E-state index contributed by atoms with van der Waals surface area (Å²) >= 11 is 0. The van der Waals surface area contributed by atoms with Crippen LogP contribution in [0.4, 0.5) is 0 Å². The van der Waals surface area contributed by atoms with E-state index < -0.39 is 0 Å². The molecule has 2 aromatic rings. The maximum absolute atomic E-state index is 11.1. The first kappa shape index (κ1) is 15.6. The largest absolute Gasteiger partial charge is 0.369 e. The van der Waals surface area contributed by atoms with E-state index in [1.165, 1.54) is 5.56 Å². The summed E-state index contributed by atoms with van der Waals surface area (Å²) in [5.74, 6) is -0.353. The van der Waals surface area contributed by atoms with Crippen molar-refractivity contribution in [2.45, 2.75) is 44.7 Å². The molecule has 1 saturated heterocycles. The van der Waals surface area contributed by atoms with Gasteiger partial charge in [0.1, 0.15) is 0 Å². The van der Waals surface area contributed by atoms with Crippen molar-refractivity contribution in [3.63, 3.8) is 0 Å². The average Bonchev–Trinajstić information content (AvgIpc) is 2.55. The van der Waals surface area contributed by atoms with Gasteiger partial charge in [0.25, 0.3) is 0 Å². The number of hydrogen-bond donors (Lipinski definition) is 2. The van der Waals surface area contributed by atoms with Gasteiger partial charge >= 0.3 is 0 Å². The molecule has 0 aliphatic carbocycles. The molecule has 0 bridgehead atoms. The molecule has 0 aromatic carbocycles. The highest BCUT2D eigenvalue weighted by Gasteiger charge is 2.26. The van der Waals surface area contributed by atoms with Crippen LogP contribution in [0.2, 0.25) is 0 Å². The van der Waals surface area contributed by atoms with Crippen LogP contribution in [0.5, 0.6) is 0 Å². The van der Waals surface area contributed by atoms with Crippen LogP contribution < -0.4 is 11.1 Å². The van der Waals surface area contributed by atoms with E-state index in [0.717, 1.165) is 36.3 Å². The zero-order chi connectivity index (χ0) is 16.2. The fourth-order valence-electron chi connectivity index (χ4n) is 3.22. The Morgan fingerprint density at radius 3 is 2.87 bits per heavy atom. The summed E-state index contributed by atoms with van der Waals surface area (Å²) in [7, 11) is 0. The first-order valence-electron chi connectivity index (χ1n) is 8.05. The quantitative estimate of drug-likeness (QED) is 0.908. The van der Waals surface area contributed by atoms with Crippen molar-refractivity contribution in [2.75, 3.05) is 0 Å². The molecule has 3 rings (SSSR count). The molecule has 2 atom stereocenters. The molecular weight excluding hydrogens is 288 g/mol. The lowest BCUT2D eigenvalue weighted by molar-refractivity contribution is -0.117. The Morgan fingerprint density at radius 1 is 1.26 bits per heavy atom. The van der Waals surface area contributed by atoms with Crippen LogP contribution >= 0.6 is 0 Å². The second-order valence-corrected chi connectivity index (χ2v) is 6.11. The van der Waals surface area contributed by atoms with Gasteiger partial charge in [0.2, 0.25) is 5.91 Å². The van der Waals surface area contributed by atoms with E-state index in [1.54, 1.807) is 0 Å². The molecule has 5 nitrogen and oxygen atoms in total. The van der Waals surface area contributed by atoms with Crippen LogP contribution in [0.25, 0.3) is 0 Å². The molecule has 0 unspecified atom stereocenters. The van der Waals surface area contributed by atoms with E-state index in [-0.39, 0.29) is 24.4 Å². The average molecular weight is 310 g/mol. The smallest absolute Gasteiger partial charge is 0.223 e. The van der Waals surface area contributed by atoms with Crippen LogP contribution in [0.3, 0.4) is 0 Å². The van der Waals surface area contributed by atoms with Crippen molar-refractivity contribution in [3.8, 4) is 0 Å². The van der Waals surface area contributed by atoms with Crippen LogP contribution in [-0.4, -0.2) is 15.9 Å². The van der Waals surface area contributed by atoms with Gasteiger partial charge in [-0.1, -0.05) is 12.1 Å². The lowest BCUT2D eigenvalue weighted by Crippen LogP contribution is -2.32. The van der Waals surface area contributed by atoms with Gasteiger partial charge in [-0.3, -0.25) is 14.8 Å². The summed E-state index contributed by atoms with van der Waals surface area (Å²) in [6.45, 7) is 2.10. The maximum Gasteiger partial charge on any atom is 0.223 e. The van der Waals surface area contributed by atoms with Gasteiger partial charge in [-0.25, -0.2) is 0 Å². The Balaban J connectivity index is 1.79. The molecule has 2 aromatic heterocycles. The van der Waals surface area contributed by atoms with Gasteiger partial charge in [0, 0.05) is 12.2 Å². The van der Waals surface area contributed by atoms with E-state index in [1.807, 2.05) is 30.5 Å². The zero-order valence-electron chi connectivity index (χ0n) is 13.3. The van der Waals surface area contributed by atoms with Crippen LogP contribution in [0.1, 0.15) is 54.0 Å². The summed E-state index contributed by atoms with van der Waals surface area (Å²) < 4.78 is 0. The number of pyridine rings is 2. The number of hydrogen-bond acceptors (Lipinski definition) is 4. The highest BCUT2D eigenvalue weighted by Crippen LogP contribution is 2.32. The molecule has 0 spiro atoms.